The standard InChI is InChI=1S/C29H33N3O6S/c1-4-20-5-8-22(9-6-20)30-26(33)18-38-23-10-7-21(15-24(23)37-3)16-25-28(35)32(29(36)39-25)17-27(34)31-13-11-19(2)12-14-31/h5-10,15-16,19H,4,11-14,17-18H2,1-3H3,(H,30,33)/b25-16-. The predicted molar refractivity (Wildman–Crippen MR) is 151 cm³/mol. The SMILES string of the molecule is CCc1ccc(NC(=O)COc2ccc(/C=C3\SC(=O)N(CC(=O)N4CCC(C)CC4)C3=O)cc2OC)cc1. The number of amides is 4. The number of piperidine rings is 1. The monoisotopic (exact) mass is 551 g/mol. The Morgan fingerprint density at radius 1 is 1.08 bits per heavy atom. The number of hydrogen-bond acceptors (Lipinski definition) is 7. The Hall–Kier alpha value is -3.79. The van der Waals surface area contributed by atoms with Crippen molar-refractivity contribution in [2.45, 2.75) is 33.1 Å². The van der Waals surface area contributed by atoms with Crippen LogP contribution in [0.5, 0.6) is 11.5 Å². The molecule has 4 rings (SSSR count). The molecule has 206 valence electrons. The summed E-state index contributed by atoms with van der Waals surface area (Å²) < 4.78 is 11.1. The van der Waals surface area contributed by atoms with E-state index in [4.69, 9.17) is 9.47 Å². The quantitative estimate of drug-likeness (QED) is 0.455. The van der Waals surface area contributed by atoms with Crippen LogP contribution >= 0.6 is 11.8 Å². The van der Waals surface area contributed by atoms with Crippen molar-refractivity contribution in [1.82, 2.24) is 9.80 Å². The van der Waals surface area contributed by atoms with Gasteiger partial charge in [0.05, 0.1) is 12.0 Å². The van der Waals surface area contributed by atoms with Gasteiger partial charge in [-0.25, -0.2) is 0 Å². The van der Waals surface area contributed by atoms with Crippen LogP contribution in [0.2, 0.25) is 0 Å². The van der Waals surface area contributed by atoms with Crippen LogP contribution in [0.25, 0.3) is 6.08 Å². The van der Waals surface area contributed by atoms with Crippen molar-refractivity contribution >= 4 is 46.5 Å². The molecule has 0 atom stereocenters. The molecule has 0 aliphatic carbocycles. The number of hydrogen-bond donors (Lipinski definition) is 1. The summed E-state index contributed by atoms with van der Waals surface area (Å²) in [6.07, 6.45) is 4.35. The van der Waals surface area contributed by atoms with Gasteiger partial charge in [-0.3, -0.25) is 24.1 Å². The molecule has 2 fully saturated rings. The third kappa shape index (κ3) is 7.20. The fourth-order valence-electron chi connectivity index (χ4n) is 4.34. The molecule has 2 aromatic rings. The number of nitrogens with zero attached hydrogens (tertiary/aromatic N) is 2. The Morgan fingerprint density at radius 3 is 2.46 bits per heavy atom. The Morgan fingerprint density at radius 2 is 1.79 bits per heavy atom. The highest BCUT2D eigenvalue weighted by Gasteiger charge is 2.37. The van der Waals surface area contributed by atoms with Gasteiger partial charge >= 0.3 is 0 Å². The number of thioether (sulfide) groups is 1. The Balaban J connectivity index is 1.36. The molecule has 0 unspecified atom stereocenters. The van der Waals surface area contributed by atoms with Gasteiger partial charge in [-0.1, -0.05) is 32.0 Å². The third-order valence-corrected chi connectivity index (χ3v) is 7.70. The highest BCUT2D eigenvalue weighted by atomic mass is 32.2. The molecule has 0 radical (unpaired) electrons. The molecule has 2 aliphatic heterocycles. The number of methoxy groups -OCH3 is 1. The maximum absolute atomic E-state index is 12.9. The van der Waals surface area contributed by atoms with E-state index in [1.54, 1.807) is 29.2 Å². The molecule has 1 N–H and O–H groups in total. The van der Waals surface area contributed by atoms with E-state index >= 15 is 0 Å². The summed E-state index contributed by atoms with van der Waals surface area (Å²) in [5, 5.41) is 2.33. The second-order valence-electron chi connectivity index (χ2n) is 9.63. The van der Waals surface area contributed by atoms with Crippen molar-refractivity contribution in [3.63, 3.8) is 0 Å². The van der Waals surface area contributed by atoms with Gasteiger partial charge in [-0.15, -0.1) is 0 Å². The second kappa shape index (κ2) is 12.8. The first-order valence-corrected chi connectivity index (χ1v) is 13.8. The summed E-state index contributed by atoms with van der Waals surface area (Å²) in [7, 11) is 1.47. The summed E-state index contributed by atoms with van der Waals surface area (Å²) in [5.74, 6) is 0.289. The van der Waals surface area contributed by atoms with Crippen LogP contribution in [0, 0.1) is 5.92 Å². The number of rotatable bonds is 9. The van der Waals surface area contributed by atoms with E-state index in [-0.39, 0.29) is 29.9 Å². The number of benzene rings is 2. The molecular weight excluding hydrogens is 518 g/mol. The van der Waals surface area contributed by atoms with Crippen LogP contribution in [0.15, 0.2) is 47.4 Å². The van der Waals surface area contributed by atoms with Gasteiger partial charge < -0.3 is 19.7 Å². The molecule has 4 amide bonds. The van der Waals surface area contributed by atoms with E-state index in [0.29, 0.717) is 41.8 Å². The minimum absolute atomic E-state index is 0.212. The van der Waals surface area contributed by atoms with Crippen molar-refractivity contribution in [2.75, 3.05) is 38.7 Å². The van der Waals surface area contributed by atoms with Gasteiger partial charge in [-0.05, 0) is 78.4 Å². The Bertz CT molecular complexity index is 1270. The van der Waals surface area contributed by atoms with E-state index in [1.807, 2.05) is 24.3 Å². The minimum atomic E-state index is -0.494. The molecular formula is C29H33N3O6S. The number of carbonyl (C=O) groups is 4. The summed E-state index contributed by atoms with van der Waals surface area (Å²) in [6.45, 7) is 5.04. The number of anilines is 1. The van der Waals surface area contributed by atoms with Crippen molar-refractivity contribution in [3.05, 3.63) is 58.5 Å². The van der Waals surface area contributed by atoms with E-state index in [9.17, 15) is 19.2 Å². The molecule has 0 aromatic heterocycles. The summed E-state index contributed by atoms with van der Waals surface area (Å²) in [4.78, 5) is 53.4. The second-order valence-corrected chi connectivity index (χ2v) is 10.6. The first-order valence-electron chi connectivity index (χ1n) is 13.0. The third-order valence-electron chi connectivity index (χ3n) is 6.79. The summed E-state index contributed by atoms with van der Waals surface area (Å²) in [6, 6.07) is 12.6. The largest absolute Gasteiger partial charge is 0.493 e. The van der Waals surface area contributed by atoms with E-state index < -0.39 is 11.1 Å². The molecule has 2 heterocycles. The molecule has 9 nitrogen and oxygen atoms in total. The number of carbonyl (C=O) groups excluding carboxylic acids is 4. The van der Waals surface area contributed by atoms with Crippen LogP contribution < -0.4 is 14.8 Å². The first-order chi connectivity index (χ1) is 18.8. The zero-order chi connectivity index (χ0) is 27.9. The average Bonchev–Trinajstić information content (AvgIpc) is 3.20. The number of aryl methyl sites for hydroxylation is 1. The van der Waals surface area contributed by atoms with Gasteiger partial charge in [0.25, 0.3) is 17.1 Å². The maximum atomic E-state index is 12.9. The Kier molecular flexibility index (Phi) is 9.29. The number of imide groups is 1. The summed E-state index contributed by atoms with van der Waals surface area (Å²) in [5.41, 5.74) is 2.48. The highest BCUT2D eigenvalue weighted by Crippen LogP contribution is 2.34. The first kappa shape index (κ1) is 28.2. The lowest BCUT2D eigenvalue weighted by atomic mass is 9.99. The molecule has 39 heavy (non-hydrogen) atoms. The lowest BCUT2D eigenvalue weighted by Crippen LogP contribution is -2.45. The van der Waals surface area contributed by atoms with Gasteiger partial charge in [0.15, 0.2) is 18.1 Å². The van der Waals surface area contributed by atoms with Crippen LogP contribution in [0.3, 0.4) is 0 Å². The van der Waals surface area contributed by atoms with Crippen LogP contribution in [0.1, 0.15) is 37.8 Å². The molecule has 0 saturated carbocycles. The molecule has 10 heteroatoms. The van der Waals surface area contributed by atoms with E-state index in [0.717, 1.165) is 35.9 Å². The fourth-order valence-corrected chi connectivity index (χ4v) is 5.18. The number of ether oxygens (including phenoxy) is 2. The fraction of sp³-hybridized carbons (Fsp3) is 0.379. The van der Waals surface area contributed by atoms with Crippen molar-refractivity contribution in [2.24, 2.45) is 5.92 Å². The average molecular weight is 552 g/mol. The zero-order valence-corrected chi connectivity index (χ0v) is 23.2. The van der Waals surface area contributed by atoms with Crippen LogP contribution in [-0.2, 0) is 20.8 Å². The van der Waals surface area contributed by atoms with Crippen LogP contribution in [0.4, 0.5) is 10.5 Å². The predicted octanol–water partition coefficient (Wildman–Crippen LogP) is 4.57. The zero-order valence-electron chi connectivity index (χ0n) is 22.4. The molecule has 0 bridgehead atoms. The van der Waals surface area contributed by atoms with Crippen LogP contribution in [-0.4, -0.2) is 66.1 Å². The topological polar surface area (TPSA) is 105 Å². The molecule has 0 spiro atoms. The number of likely N-dealkylation sites (tertiary alicyclic amines) is 1. The van der Waals surface area contributed by atoms with Crippen molar-refractivity contribution < 1.29 is 28.7 Å². The van der Waals surface area contributed by atoms with Gasteiger partial charge in [0.2, 0.25) is 5.91 Å². The highest BCUT2D eigenvalue weighted by molar-refractivity contribution is 8.18. The normalized spacial score (nSPS) is 17.1. The minimum Gasteiger partial charge on any atom is -0.493 e. The van der Waals surface area contributed by atoms with E-state index in [2.05, 4.69) is 19.2 Å². The van der Waals surface area contributed by atoms with Gasteiger partial charge in [0.1, 0.15) is 6.54 Å². The van der Waals surface area contributed by atoms with E-state index in [1.165, 1.54) is 12.7 Å². The van der Waals surface area contributed by atoms with Gasteiger partial charge in [-0.2, -0.15) is 0 Å². The molecule has 2 saturated heterocycles. The molecule has 2 aromatic carbocycles. The maximum Gasteiger partial charge on any atom is 0.294 e. The Labute approximate surface area is 232 Å². The lowest BCUT2D eigenvalue weighted by Gasteiger charge is -2.31. The number of nitrogens with one attached hydrogen (secondary N) is 1. The summed E-state index contributed by atoms with van der Waals surface area (Å²) >= 11 is 0.803. The lowest BCUT2D eigenvalue weighted by molar-refractivity contribution is -0.136. The van der Waals surface area contributed by atoms with Crippen molar-refractivity contribution in [1.29, 1.82) is 0 Å². The molecule has 2 aliphatic rings. The van der Waals surface area contributed by atoms with Gasteiger partial charge in [0, 0.05) is 18.8 Å². The smallest absolute Gasteiger partial charge is 0.294 e. The van der Waals surface area contributed by atoms with Crippen molar-refractivity contribution in [3.8, 4) is 11.5 Å².